The number of para-hydroxylation sites is 1. The van der Waals surface area contributed by atoms with Crippen LogP contribution in [-0.4, -0.2) is 16.6 Å². The highest BCUT2D eigenvalue weighted by Gasteiger charge is 2.14. The van der Waals surface area contributed by atoms with Crippen molar-refractivity contribution in [2.45, 2.75) is 6.92 Å². The average molecular weight is 464 g/mol. The zero-order valence-corrected chi connectivity index (χ0v) is 18.6. The van der Waals surface area contributed by atoms with Gasteiger partial charge >= 0.3 is 0 Å². The molecule has 0 unspecified atom stereocenters. The number of benzene rings is 3. The van der Waals surface area contributed by atoms with Crippen LogP contribution in [0.5, 0.6) is 5.75 Å². The number of ketones is 1. The molecule has 0 fully saturated rings. The number of halogens is 2. The number of carbonyl (C=O) groups excluding carboxylic acids is 1. The van der Waals surface area contributed by atoms with Crippen molar-refractivity contribution in [3.05, 3.63) is 94.5 Å². The molecule has 1 aliphatic rings. The lowest BCUT2D eigenvalue weighted by Crippen LogP contribution is -2.03. The van der Waals surface area contributed by atoms with Gasteiger partial charge in [0.2, 0.25) is 0 Å². The molecule has 7 heteroatoms. The summed E-state index contributed by atoms with van der Waals surface area (Å²) in [6.07, 6.45) is 4.18. The second-order valence-corrected chi connectivity index (χ2v) is 8.02. The summed E-state index contributed by atoms with van der Waals surface area (Å²) in [7, 11) is 0. The fourth-order valence-electron chi connectivity index (χ4n) is 3.08. The third kappa shape index (κ3) is 5.02. The number of rotatable bonds is 5. The van der Waals surface area contributed by atoms with Crippen LogP contribution in [0.4, 0.5) is 28.4 Å². The second-order valence-electron chi connectivity index (χ2n) is 7.21. The SMILES string of the molecule is Cc1ccc(Nc2cc(O)c(N=C3C=CC(=O)C=C3Cl)cc2Nc2ccccc2Cl)cc1. The molecule has 0 atom stereocenters. The van der Waals surface area contributed by atoms with Gasteiger partial charge in [0.05, 0.1) is 32.8 Å². The van der Waals surface area contributed by atoms with Crippen LogP contribution in [0.2, 0.25) is 5.02 Å². The molecule has 0 spiro atoms. The zero-order chi connectivity index (χ0) is 22.7. The fraction of sp³-hybridized carbons (Fsp3) is 0.0400. The monoisotopic (exact) mass is 463 g/mol. The van der Waals surface area contributed by atoms with E-state index in [1.54, 1.807) is 18.2 Å². The molecule has 160 valence electrons. The molecule has 0 aromatic heterocycles. The predicted molar refractivity (Wildman–Crippen MR) is 132 cm³/mol. The molecular weight excluding hydrogens is 445 g/mol. The Morgan fingerprint density at radius 2 is 1.59 bits per heavy atom. The van der Waals surface area contributed by atoms with Crippen molar-refractivity contribution in [2.75, 3.05) is 10.6 Å². The summed E-state index contributed by atoms with van der Waals surface area (Å²) in [5, 5.41) is 18.0. The van der Waals surface area contributed by atoms with Crippen molar-refractivity contribution >= 4 is 63.1 Å². The van der Waals surface area contributed by atoms with Crippen LogP contribution in [0.15, 0.2) is 88.9 Å². The third-order valence-corrected chi connectivity index (χ3v) is 5.38. The molecule has 3 aromatic carbocycles. The van der Waals surface area contributed by atoms with Gasteiger partial charge in [-0.1, -0.05) is 53.0 Å². The Morgan fingerprint density at radius 1 is 0.875 bits per heavy atom. The number of aliphatic imine (C=N–C) groups is 1. The standard InChI is InChI=1S/C25H19Cl2N3O2/c1-15-6-8-16(9-7-15)28-23-14-25(32)24(30-21-11-10-17(31)12-19(21)27)13-22(23)29-20-5-3-2-4-18(20)26/h2-14,28-29,32H,1H3. The van der Waals surface area contributed by atoms with E-state index >= 15 is 0 Å². The van der Waals surface area contributed by atoms with Gasteiger partial charge in [0, 0.05) is 17.8 Å². The van der Waals surface area contributed by atoms with E-state index in [1.165, 1.54) is 18.2 Å². The highest BCUT2D eigenvalue weighted by Crippen LogP contribution is 2.40. The Kier molecular flexibility index (Phi) is 6.30. The van der Waals surface area contributed by atoms with Gasteiger partial charge in [-0.2, -0.15) is 0 Å². The molecule has 0 bridgehead atoms. The molecule has 5 nitrogen and oxygen atoms in total. The number of hydrogen-bond donors (Lipinski definition) is 3. The number of hydrogen-bond acceptors (Lipinski definition) is 5. The van der Waals surface area contributed by atoms with E-state index in [2.05, 4.69) is 15.6 Å². The Labute approximate surface area is 195 Å². The van der Waals surface area contributed by atoms with Crippen LogP contribution in [0.1, 0.15) is 5.56 Å². The van der Waals surface area contributed by atoms with Crippen LogP contribution in [-0.2, 0) is 4.79 Å². The van der Waals surface area contributed by atoms with E-state index in [4.69, 9.17) is 23.2 Å². The largest absolute Gasteiger partial charge is 0.506 e. The van der Waals surface area contributed by atoms with Gasteiger partial charge < -0.3 is 15.7 Å². The van der Waals surface area contributed by atoms with E-state index < -0.39 is 0 Å². The normalized spacial score (nSPS) is 14.4. The number of carbonyl (C=O) groups is 1. The van der Waals surface area contributed by atoms with Gasteiger partial charge in [-0.15, -0.1) is 0 Å². The minimum absolute atomic E-state index is 0.0495. The van der Waals surface area contributed by atoms with E-state index in [9.17, 15) is 9.90 Å². The molecule has 0 aliphatic heterocycles. The summed E-state index contributed by atoms with van der Waals surface area (Å²) >= 11 is 12.5. The fourth-order valence-corrected chi connectivity index (χ4v) is 3.48. The smallest absolute Gasteiger partial charge is 0.180 e. The summed E-state index contributed by atoms with van der Waals surface area (Å²) in [6.45, 7) is 2.01. The molecule has 0 saturated carbocycles. The second kappa shape index (κ2) is 9.30. The number of nitrogens with one attached hydrogen (secondary N) is 2. The Hall–Kier alpha value is -3.54. The Morgan fingerprint density at radius 3 is 2.31 bits per heavy atom. The summed E-state index contributed by atoms with van der Waals surface area (Å²) in [4.78, 5) is 15.9. The van der Waals surface area contributed by atoms with E-state index in [0.717, 1.165) is 11.3 Å². The number of aromatic hydroxyl groups is 1. The predicted octanol–water partition coefficient (Wildman–Crippen LogP) is 7.18. The molecule has 3 N–H and O–H groups in total. The molecule has 0 saturated heterocycles. The summed E-state index contributed by atoms with van der Waals surface area (Å²) in [5.74, 6) is -0.261. The number of phenols is 1. The van der Waals surface area contributed by atoms with Crippen LogP contribution >= 0.6 is 23.2 Å². The van der Waals surface area contributed by atoms with E-state index in [-0.39, 0.29) is 22.3 Å². The quantitative estimate of drug-likeness (QED) is 0.276. The summed E-state index contributed by atoms with van der Waals surface area (Å²) in [5.41, 5.74) is 4.64. The first-order chi connectivity index (χ1) is 15.4. The van der Waals surface area contributed by atoms with E-state index in [1.807, 2.05) is 49.4 Å². The van der Waals surface area contributed by atoms with Crippen LogP contribution < -0.4 is 10.6 Å². The maximum Gasteiger partial charge on any atom is 0.180 e. The number of phenolic OH excluding ortho intramolecular Hbond substituents is 1. The number of anilines is 4. The van der Waals surface area contributed by atoms with Crippen molar-refractivity contribution in [1.82, 2.24) is 0 Å². The topological polar surface area (TPSA) is 73.7 Å². The molecule has 0 amide bonds. The highest BCUT2D eigenvalue weighted by molar-refractivity contribution is 6.48. The first kappa shape index (κ1) is 21.7. The third-order valence-electron chi connectivity index (χ3n) is 4.75. The minimum Gasteiger partial charge on any atom is -0.506 e. The van der Waals surface area contributed by atoms with Gasteiger partial charge in [-0.05, 0) is 49.4 Å². The van der Waals surface area contributed by atoms with Crippen molar-refractivity contribution < 1.29 is 9.90 Å². The molecule has 0 radical (unpaired) electrons. The first-order valence-electron chi connectivity index (χ1n) is 9.79. The van der Waals surface area contributed by atoms with Gasteiger partial charge in [0.15, 0.2) is 5.78 Å². The number of aryl methyl sites for hydroxylation is 1. The number of nitrogens with zero attached hydrogens (tertiary/aromatic N) is 1. The Balaban J connectivity index is 1.77. The van der Waals surface area contributed by atoms with Gasteiger partial charge in [-0.25, -0.2) is 4.99 Å². The highest BCUT2D eigenvalue weighted by atomic mass is 35.5. The van der Waals surface area contributed by atoms with Gasteiger partial charge in [0.1, 0.15) is 11.4 Å². The van der Waals surface area contributed by atoms with Crippen LogP contribution in [0.25, 0.3) is 0 Å². The maximum absolute atomic E-state index is 11.5. The van der Waals surface area contributed by atoms with Crippen LogP contribution in [0.3, 0.4) is 0 Å². The lowest BCUT2D eigenvalue weighted by atomic mass is 10.1. The molecule has 0 heterocycles. The molecular formula is C25H19Cl2N3O2. The van der Waals surface area contributed by atoms with Crippen molar-refractivity contribution in [2.24, 2.45) is 4.99 Å². The molecule has 32 heavy (non-hydrogen) atoms. The first-order valence-corrected chi connectivity index (χ1v) is 10.6. The van der Waals surface area contributed by atoms with Crippen molar-refractivity contribution in [3.8, 4) is 5.75 Å². The summed E-state index contributed by atoms with van der Waals surface area (Å²) < 4.78 is 0. The average Bonchev–Trinajstić information content (AvgIpc) is 2.76. The maximum atomic E-state index is 11.5. The lowest BCUT2D eigenvalue weighted by Gasteiger charge is -2.17. The zero-order valence-electron chi connectivity index (χ0n) is 17.1. The molecule has 3 aromatic rings. The summed E-state index contributed by atoms with van der Waals surface area (Å²) in [6, 6.07) is 18.5. The van der Waals surface area contributed by atoms with E-state index in [0.29, 0.717) is 27.8 Å². The van der Waals surface area contributed by atoms with Crippen molar-refractivity contribution in [1.29, 1.82) is 0 Å². The van der Waals surface area contributed by atoms with Gasteiger partial charge in [-0.3, -0.25) is 4.79 Å². The van der Waals surface area contributed by atoms with Crippen LogP contribution in [0, 0.1) is 6.92 Å². The van der Waals surface area contributed by atoms with Crippen molar-refractivity contribution in [3.63, 3.8) is 0 Å². The molecule has 1 aliphatic carbocycles. The van der Waals surface area contributed by atoms with Gasteiger partial charge in [0.25, 0.3) is 0 Å². The Bertz CT molecular complexity index is 1280. The number of allylic oxidation sites excluding steroid dienone is 4. The minimum atomic E-state index is -0.211. The lowest BCUT2D eigenvalue weighted by molar-refractivity contribution is -0.110. The molecule has 4 rings (SSSR count).